The number of rotatable bonds is 6. The monoisotopic (exact) mass is 364 g/mol. The number of sulfone groups is 1. The van der Waals surface area contributed by atoms with Crippen molar-refractivity contribution in [2.24, 2.45) is 0 Å². The average molecular weight is 364 g/mol. The third-order valence-electron chi connectivity index (χ3n) is 3.26. The standard InChI is InChI=1S/C17H16O5S2/c1-22-17(19)14-5-3-4-6-16(14)23-11-15(18)12-7-9-13(10-8-12)24(2,20)21/h3-10H,11H2,1-2H3. The lowest BCUT2D eigenvalue weighted by molar-refractivity contribution is 0.0596. The molecule has 5 nitrogen and oxygen atoms in total. The fraction of sp³-hybridized carbons (Fsp3) is 0.176. The van der Waals surface area contributed by atoms with Gasteiger partial charge < -0.3 is 4.74 Å². The Morgan fingerprint density at radius 3 is 2.25 bits per heavy atom. The molecule has 0 N–H and O–H groups in total. The summed E-state index contributed by atoms with van der Waals surface area (Å²) in [6.45, 7) is 0. The quantitative estimate of drug-likeness (QED) is 0.446. The molecule has 0 heterocycles. The van der Waals surface area contributed by atoms with E-state index >= 15 is 0 Å². The zero-order chi connectivity index (χ0) is 17.7. The lowest BCUT2D eigenvalue weighted by atomic mass is 10.1. The normalized spacial score (nSPS) is 11.1. The molecule has 0 atom stereocenters. The first kappa shape index (κ1) is 18.2. The molecule has 2 rings (SSSR count). The summed E-state index contributed by atoms with van der Waals surface area (Å²) in [4.78, 5) is 24.8. The van der Waals surface area contributed by atoms with E-state index in [1.165, 1.54) is 43.1 Å². The van der Waals surface area contributed by atoms with Gasteiger partial charge in [0, 0.05) is 16.7 Å². The van der Waals surface area contributed by atoms with Crippen LogP contribution in [-0.4, -0.2) is 39.3 Å². The molecule has 126 valence electrons. The molecule has 0 fully saturated rings. The van der Waals surface area contributed by atoms with Crippen LogP contribution in [-0.2, 0) is 14.6 Å². The van der Waals surface area contributed by atoms with Gasteiger partial charge in [0.05, 0.1) is 23.3 Å². The molecule has 0 aliphatic rings. The van der Waals surface area contributed by atoms with Gasteiger partial charge in [0.1, 0.15) is 0 Å². The van der Waals surface area contributed by atoms with Gasteiger partial charge in [0.25, 0.3) is 0 Å². The van der Waals surface area contributed by atoms with Gasteiger partial charge in [-0.05, 0) is 24.3 Å². The van der Waals surface area contributed by atoms with E-state index < -0.39 is 15.8 Å². The first-order valence-corrected chi connectivity index (χ1v) is 9.84. The van der Waals surface area contributed by atoms with Gasteiger partial charge in [-0.1, -0.05) is 24.3 Å². The Hall–Kier alpha value is -2.12. The van der Waals surface area contributed by atoms with E-state index in [0.717, 1.165) is 6.26 Å². The van der Waals surface area contributed by atoms with Crippen LogP contribution >= 0.6 is 11.8 Å². The minimum Gasteiger partial charge on any atom is -0.465 e. The van der Waals surface area contributed by atoms with Crippen LogP contribution in [0.2, 0.25) is 0 Å². The van der Waals surface area contributed by atoms with E-state index in [1.54, 1.807) is 24.3 Å². The number of ketones is 1. The predicted octanol–water partition coefficient (Wildman–Crippen LogP) is 2.85. The molecule has 2 aromatic carbocycles. The summed E-state index contributed by atoms with van der Waals surface area (Å²) in [5.41, 5.74) is 0.829. The fourth-order valence-electron chi connectivity index (χ4n) is 1.99. The molecular weight excluding hydrogens is 348 g/mol. The van der Waals surface area contributed by atoms with Gasteiger partial charge in [-0.3, -0.25) is 4.79 Å². The van der Waals surface area contributed by atoms with Gasteiger partial charge >= 0.3 is 5.97 Å². The summed E-state index contributed by atoms with van der Waals surface area (Å²) < 4.78 is 27.6. The van der Waals surface area contributed by atoms with Crippen molar-refractivity contribution in [2.75, 3.05) is 19.1 Å². The number of carbonyl (C=O) groups is 2. The minimum atomic E-state index is -3.29. The maximum Gasteiger partial charge on any atom is 0.338 e. The average Bonchev–Trinajstić information content (AvgIpc) is 2.58. The van der Waals surface area contributed by atoms with Crippen LogP contribution in [0.1, 0.15) is 20.7 Å². The second kappa shape index (κ2) is 7.63. The summed E-state index contributed by atoms with van der Waals surface area (Å²) in [6.07, 6.45) is 1.11. The van der Waals surface area contributed by atoms with Crippen molar-refractivity contribution in [1.29, 1.82) is 0 Å². The number of benzene rings is 2. The van der Waals surface area contributed by atoms with Crippen molar-refractivity contribution >= 4 is 33.4 Å². The third kappa shape index (κ3) is 4.46. The predicted molar refractivity (Wildman–Crippen MR) is 92.4 cm³/mol. The first-order valence-electron chi connectivity index (χ1n) is 6.96. The van der Waals surface area contributed by atoms with Crippen molar-refractivity contribution in [3.05, 3.63) is 59.7 Å². The fourth-order valence-corrected chi connectivity index (χ4v) is 3.55. The van der Waals surface area contributed by atoms with Crippen LogP contribution < -0.4 is 0 Å². The molecule has 0 aliphatic carbocycles. The Morgan fingerprint density at radius 2 is 1.67 bits per heavy atom. The number of thioether (sulfide) groups is 1. The summed E-state index contributed by atoms with van der Waals surface area (Å²) in [5.74, 6) is -0.477. The summed E-state index contributed by atoms with van der Waals surface area (Å²) in [6, 6.07) is 12.7. The molecule has 0 spiro atoms. The van der Waals surface area contributed by atoms with Crippen molar-refractivity contribution in [3.63, 3.8) is 0 Å². The second-order valence-corrected chi connectivity index (χ2v) is 8.03. The van der Waals surface area contributed by atoms with Gasteiger partial charge in [0.15, 0.2) is 15.6 Å². The minimum absolute atomic E-state index is 0.131. The maximum atomic E-state index is 12.2. The summed E-state index contributed by atoms with van der Waals surface area (Å²) in [5, 5.41) is 0. The SMILES string of the molecule is COC(=O)c1ccccc1SCC(=O)c1ccc(S(C)(=O)=O)cc1. The van der Waals surface area contributed by atoms with E-state index in [0.29, 0.717) is 16.0 Å². The van der Waals surface area contributed by atoms with Gasteiger partial charge in [-0.2, -0.15) is 0 Å². The topological polar surface area (TPSA) is 77.5 Å². The van der Waals surface area contributed by atoms with Crippen LogP contribution in [0.3, 0.4) is 0 Å². The highest BCUT2D eigenvalue weighted by molar-refractivity contribution is 8.00. The van der Waals surface area contributed by atoms with E-state index in [-0.39, 0.29) is 16.4 Å². The Bertz CT molecular complexity index is 855. The Kier molecular flexibility index (Phi) is 5.80. The van der Waals surface area contributed by atoms with Crippen molar-refractivity contribution in [1.82, 2.24) is 0 Å². The lowest BCUT2D eigenvalue weighted by Gasteiger charge is -2.07. The summed E-state index contributed by atoms with van der Waals surface area (Å²) in [7, 11) is -1.98. The highest BCUT2D eigenvalue weighted by atomic mass is 32.2. The second-order valence-electron chi connectivity index (χ2n) is 5.00. The van der Waals surface area contributed by atoms with E-state index in [4.69, 9.17) is 4.74 Å². The van der Waals surface area contributed by atoms with E-state index in [1.807, 2.05) is 0 Å². The van der Waals surface area contributed by atoms with Crippen LogP contribution in [0.25, 0.3) is 0 Å². The first-order chi connectivity index (χ1) is 11.3. The van der Waals surface area contributed by atoms with Crippen LogP contribution in [0.5, 0.6) is 0 Å². The largest absolute Gasteiger partial charge is 0.465 e. The molecule has 0 amide bonds. The Morgan fingerprint density at radius 1 is 1.04 bits per heavy atom. The van der Waals surface area contributed by atoms with Crippen LogP contribution in [0.15, 0.2) is 58.3 Å². The maximum absolute atomic E-state index is 12.2. The van der Waals surface area contributed by atoms with Crippen LogP contribution in [0, 0.1) is 0 Å². The highest BCUT2D eigenvalue weighted by Crippen LogP contribution is 2.24. The highest BCUT2D eigenvalue weighted by Gasteiger charge is 2.14. The molecular formula is C17H16O5S2. The zero-order valence-corrected chi connectivity index (χ0v) is 14.8. The van der Waals surface area contributed by atoms with E-state index in [2.05, 4.69) is 0 Å². The number of esters is 1. The molecule has 0 aliphatic heterocycles. The lowest BCUT2D eigenvalue weighted by Crippen LogP contribution is -2.06. The van der Waals surface area contributed by atoms with Gasteiger partial charge in [-0.15, -0.1) is 11.8 Å². The molecule has 0 aromatic heterocycles. The molecule has 0 saturated heterocycles. The number of hydrogen-bond donors (Lipinski definition) is 0. The number of hydrogen-bond acceptors (Lipinski definition) is 6. The van der Waals surface area contributed by atoms with E-state index in [9.17, 15) is 18.0 Å². The molecule has 2 aromatic rings. The molecule has 7 heteroatoms. The molecule has 0 radical (unpaired) electrons. The smallest absolute Gasteiger partial charge is 0.338 e. The van der Waals surface area contributed by atoms with Crippen molar-refractivity contribution < 1.29 is 22.7 Å². The number of methoxy groups -OCH3 is 1. The third-order valence-corrected chi connectivity index (χ3v) is 5.46. The van der Waals surface area contributed by atoms with Crippen molar-refractivity contribution in [2.45, 2.75) is 9.79 Å². The summed E-state index contributed by atoms with van der Waals surface area (Å²) >= 11 is 1.23. The molecule has 0 bridgehead atoms. The van der Waals surface area contributed by atoms with Gasteiger partial charge in [-0.25, -0.2) is 13.2 Å². The molecule has 0 saturated carbocycles. The number of Topliss-reactive ketones (excluding diaryl/α,β-unsaturated/α-hetero) is 1. The Labute approximate surface area is 144 Å². The van der Waals surface area contributed by atoms with Gasteiger partial charge in [0.2, 0.25) is 0 Å². The molecule has 24 heavy (non-hydrogen) atoms. The zero-order valence-electron chi connectivity index (χ0n) is 13.2. The van der Waals surface area contributed by atoms with Crippen LogP contribution in [0.4, 0.5) is 0 Å². The Balaban J connectivity index is 2.10. The number of carbonyl (C=O) groups excluding carboxylic acids is 2. The number of ether oxygens (including phenoxy) is 1. The van der Waals surface area contributed by atoms with Crippen molar-refractivity contribution in [3.8, 4) is 0 Å². The molecule has 0 unspecified atom stereocenters.